The molecule has 0 fully saturated rings. The lowest BCUT2D eigenvalue weighted by Crippen LogP contribution is -2.27. The van der Waals surface area contributed by atoms with Crippen LogP contribution in [0.15, 0.2) is 6.07 Å². The van der Waals surface area contributed by atoms with Crippen LogP contribution >= 0.6 is 0 Å². The Kier molecular flexibility index (Phi) is 3.99. The second-order valence-electron chi connectivity index (χ2n) is 4.02. The fraction of sp³-hybridized carbons (Fsp3) is 0.462. The van der Waals surface area contributed by atoms with Crippen molar-refractivity contribution in [3.8, 4) is 5.75 Å². The van der Waals surface area contributed by atoms with Crippen LogP contribution in [-0.2, 0) is 4.74 Å². The Balaban J connectivity index is 3.35. The third kappa shape index (κ3) is 2.35. The number of methoxy groups -OCH3 is 2. The van der Waals surface area contributed by atoms with Crippen molar-refractivity contribution in [2.45, 2.75) is 20.8 Å². The monoisotopic (exact) mass is 237 g/mol. The Labute approximate surface area is 102 Å². The summed E-state index contributed by atoms with van der Waals surface area (Å²) in [7, 11) is 4.72. The molecule has 0 saturated carbocycles. The minimum absolute atomic E-state index is 0.374. The molecular weight excluding hydrogens is 218 g/mol. The van der Waals surface area contributed by atoms with E-state index in [0.29, 0.717) is 0 Å². The number of aryl methyl sites for hydroxylation is 1. The molecule has 0 N–H and O–H groups in total. The predicted octanol–water partition coefficient (Wildman–Crippen LogP) is 2.82. The van der Waals surface area contributed by atoms with Gasteiger partial charge >= 0.3 is 6.09 Å². The number of carbonyl (C=O) groups is 1. The molecule has 0 spiro atoms. The molecule has 4 nitrogen and oxygen atoms in total. The summed E-state index contributed by atoms with van der Waals surface area (Å²) in [6.07, 6.45) is -0.374. The smallest absolute Gasteiger partial charge is 0.413 e. The lowest BCUT2D eigenvalue weighted by atomic mass is 10.0. The van der Waals surface area contributed by atoms with E-state index in [-0.39, 0.29) is 6.09 Å². The van der Waals surface area contributed by atoms with Gasteiger partial charge in [0.05, 0.1) is 19.9 Å². The molecule has 1 rings (SSSR count). The highest BCUT2D eigenvalue weighted by atomic mass is 16.5. The van der Waals surface area contributed by atoms with Gasteiger partial charge in [-0.1, -0.05) is 0 Å². The molecule has 0 radical (unpaired) electrons. The van der Waals surface area contributed by atoms with Crippen LogP contribution in [-0.4, -0.2) is 27.4 Å². The number of hydrogen-bond acceptors (Lipinski definition) is 3. The molecule has 0 bridgehead atoms. The highest BCUT2D eigenvalue weighted by Gasteiger charge is 2.18. The van der Waals surface area contributed by atoms with Gasteiger partial charge in [0.15, 0.2) is 0 Å². The van der Waals surface area contributed by atoms with Gasteiger partial charge in [0.2, 0.25) is 0 Å². The molecular formula is C13H19NO3. The Morgan fingerprint density at radius 2 is 1.76 bits per heavy atom. The van der Waals surface area contributed by atoms with E-state index < -0.39 is 0 Å². The van der Waals surface area contributed by atoms with Crippen LogP contribution in [0.2, 0.25) is 0 Å². The Morgan fingerprint density at radius 1 is 1.18 bits per heavy atom. The summed E-state index contributed by atoms with van der Waals surface area (Å²) in [4.78, 5) is 13.1. The number of nitrogens with zero attached hydrogens (tertiary/aromatic N) is 1. The number of benzene rings is 1. The van der Waals surface area contributed by atoms with Gasteiger partial charge in [-0.2, -0.15) is 0 Å². The second-order valence-corrected chi connectivity index (χ2v) is 4.02. The van der Waals surface area contributed by atoms with Gasteiger partial charge in [0, 0.05) is 7.05 Å². The van der Waals surface area contributed by atoms with Crippen LogP contribution < -0.4 is 9.64 Å². The van der Waals surface area contributed by atoms with Crippen molar-refractivity contribution >= 4 is 11.8 Å². The fourth-order valence-corrected chi connectivity index (χ4v) is 1.99. The zero-order valence-electron chi connectivity index (χ0n) is 11.2. The van der Waals surface area contributed by atoms with Gasteiger partial charge in [-0.25, -0.2) is 4.79 Å². The lowest BCUT2D eigenvalue weighted by Gasteiger charge is -2.23. The molecule has 0 aliphatic heterocycles. The van der Waals surface area contributed by atoms with Crippen molar-refractivity contribution < 1.29 is 14.3 Å². The first-order valence-electron chi connectivity index (χ1n) is 5.40. The zero-order valence-corrected chi connectivity index (χ0v) is 11.2. The van der Waals surface area contributed by atoms with E-state index in [4.69, 9.17) is 9.47 Å². The second kappa shape index (κ2) is 5.08. The van der Waals surface area contributed by atoms with E-state index in [1.54, 1.807) is 14.2 Å². The number of amides is 1. The molecule has 1 amide bonds. The van der Waals surface area contributed by atoms with Crippen molar-refractivity contribution in [2.75, 3.05) is 26.2 Å². The van der Waals surface area contributed by atoms with E-state index in [2.05, 4.69) is 0 Å². The van der Waals surface area contributed by atoms with Crippen molar-refractivity contribution in [3.05, 3.63) is 22.8 Å². The number of carbonyl (C=O) groups excluding carboxylic acids is 1. The topological polar surface area (TPSA) is 38.8 Å². The average molecular weight is 237 g/mol. The first kappa shape index (κ1) is 13.4. The molecule has 94 valence electrons. The number of hydrogen-bond donors (Lipinski definition) is 0. The highest BCUT2D eigenvalue weighted by Crippen LogP contribution is 2.33. The van der Waals surface area contributed by atoms with E-state index in [1.807, 2.05) is 26.8 Å². The van der Waals surface area contributed by atoms with E-state index in [1.165, 1.54) is 12.0 Å². The van der Waals surface area contributed by atoms with Crippen LogP contribution in [0.3, 0.4) is 0 Å². The Hall–Kier alpha value is -1.71. The summed E-state index contributed by atoms with van der Waals surface area (Å²) >= 11 is 0. The van der Waals surface area contributed by atoms with Gasteiger partial charge in [-0.15, -0.1) is 0 Å². The summed E-state index contributed by atoms with van der Waals surface area (Å²) in [5, 5.41) is 0. The molecule has 1 aromatic rings. The minimum atomic E-state index is -0.374. The quantitative estimate of drug-likeness (QED) is 0.794. The normalized spacial score (nSPS) is 10.0. The maximum absolute atomic E-state index is 11.6. The summed E-state index contributed by atoms with van der Waals surface area (Å²) in [5.41, 5.74) is 3.91. The molecule has 0 aliphatic carbocycles. The summed E-state index contributed by atoms with van der Waals surface area (Å²) in [5.74, 6) is 0.835. The molecule has 0 saturated heterocycles. The van der Waals surface area contributed by atoms with E-state index in [9.17, 15) is 4.79 Å². The number of ether oxygens (including phenoxy) is 2. The molecule has 0 unspecified atom stereocenters. The lowest BCUT2D eigenvalue weighted by molar-refractivity contribution is 0.180. The molecule has 17 heavy (non-hydrogen) atoms. The number of anilines is 1. The molecule has 4 heteroatoms. The first-order valence-corrected chi connectivity index (χ1v) is 5.40. The summed E-state index contributed by atoms with van der Waals surface area (Å²) in [6.45, 7) is 5.89. The molecule has 0 aromatic heterocycles. The SMILES string of the molecule is COC(=O)N(C)c1c(C)cc(OC)c(C)c1C. The standard InChI is InChI=1S/C13H19NO3/c1-8-7-11(16-5)9(2)10(3)12(8)14(4)13(15)17-6/h7H,1-6H3. The minimum Gasteiger partial charge on any atom is -0.496 e. The first-order chi connectivity index (χ1) is 7.93. The summed E-state index contributed by atoms with van der Waals surface area (Å²) in [6, 6.07) is 1.93. The van der Waals surface area contributed by atoms with E-state index >= 15 is 0 Å². The van der Waals surface area contributed by atoms with Crippen molar-refractivity contribution in [1.29, 1.82) is 0 Å². The Bertz CT molecular complexity index is 441. The van der Waals surface area contributed by atoms with Crippen molar-refractivity contribution in [2.24, 2.45) is 0 Å². The molecule has 0 heterocycles. The maximum Gasteiger partial charge on any atom is 0.413 e. The largest absolute Gasteiger partial charge is 0.496 e. The van der Waals surface area contributed by atoms with Crippen molar-refractivity contribution in [3.63, 3.8) is 0 Å². The summed E-state index contributed by atoms with van der Waals surface area (Å²) < 4.78 is 10.0. The van der Waals surface area contributed by atoms with Crippen molar-refractivity contribution in [1.82, 2.24) is 0 Å². The third-order valence-corrected chi connectivity index (χ3v) is 3.01. The van der Waals surface area contributed by atoms with Crippen LogP contribution in [0.5, 0.6) is 5.75 Å². The average Bonchev–Trinajstić information content (AvgIpc) is 2.32. The molecule has 0 atom stereocenters. The zero-order chi connectivity index (χ0) is 13.2. The van der Waals surface area contributed by atoms with Crippen LogP contribution in [0.25, 0.3) is 0 Å². The maximum atomic E-state index is 11.6. The van der Waals surface area contributed by atoms with Gasteiger partial charge in [-0.3, -0.25) is 4.90 Å². The van der Waals surface area contributed by atoms with E-state index in [0.717, 1.165) is 28.1 Å². The van der Waals surface area contributed by atoms with Gasteiger partial charge < -0.3 is 9.47 Å². The highest BCUT2D eigenvalue weighted by molar-refractivity contribution is 5.89. The predicted molar refractivity (Wildman–Crippen MR) is 68.0 cm³/mol. The van der Waals surface area contributed by atoms with Crippen LogP contribution in [0, 0.1) is 20.8 Å². The third-order valence-electron chi connectivity index (χ3n) is 3.01. The van der Waals surface area contributed by atoms with Gasteiger partial charge in [0.25, 0.3) is 0 Å². The van der Waals surface area contributed by atoms with Crippen LogP contribution in [0.4, 0.5) is 10.5 Å². The van der Waals surface area contributed by atoms with Gasteiger partial charge in [-0.05, 0) is 43.5 Å². The fourth-order valence-electron chi connectivity index (χ4n) is 1.99. The molecule has 1 aromatic carbocycles. The van der Waals surface area contributed by atoms with Gasteiger partial charge in [0.1, 0.15) is 5.75 Å². The molecule has 0 aliphatic rings. The Morgan fingerprint density at radius 3 is 2.24 bits per heavy atom. The van der Waals surface area contributed by atoms with Crippen LogP contribution in [0.1, 0.15) is 16.7 Å². The number of rotatable bonds is 2.